The number of ether oxygens (including phenoxy) is 4. The van der Waals surface area contributed by atoms with E-state index in [0.29, 0.717) is 0 Å². The second kappa shape index (κ2) is 4.69. The van der Waals surface area contributed by atoms with Crippen molar-refractivity contribution in [3.63, 3.8) is 0 Å². The van der Waals surface area contributed by atoms with E-state index in [4.69, 9.17) is 18.9 Å². The van der Waals surface area contributed by atoms with Gasteiger partial charge in [0.2, 0.25) is 11.9 Å². The van der Waals surface area contributed by atoms with Gasteiger partial charge in [0.25, 0.3) is 0 Å². The van der Waals surface area contributed by atoms with Crippen LogP contribution in [0.3, 0.4) is 0 Å². The van der Waals surface area contributed by atoms with E-state index >= 15 is 0 Å². The fourth-order valence-corrected chi connectivity index (χ4v) is 8.12. The lowest BCUT2D eigenvalue weighted by Gasteiger charge is -2.47. The van der Waals surface area contributed by atoms with Gasteiger partial charge in [0.05, 0.1) is 16.7 Å². The van der Waals surface area contributed by atoms with Gasteiger partial charge in [-0.15, -0.1) is 0 Å². The van der Waals surface area contributed by atoms with Crippen LogP contribution in [0.15, 0.2) is 0 Å². The fourth-order valence-electron chi connectivity index (χ4n) is 8.12. The minimum atomic E-state index is -2.24. The summed E-state index contributed by atoms with van der Waals surface area (Å²) >= 11 is 0. The van der Waals surface area contributed by atoms with Gasteiger partial charge in [0.1, 0.15) is 12.2 Å². The molecule has 2 spiro atoms. The second-order valence-corrected chi connectivity index (χ2v) is 10.7. The summed E-state index contributed by atoms with van der Waals surface area (Å²) in [6, 6.07) is 0. The number of carbonyl (C=O) groups is 3. The molecular formula is C20H24O10. The standard InChI is InChI=1S/C20H24O10/c1-6-12(23)28-11-9(21)18-8-5-7(16(2,3)4)17(18)10(22)13(24)29-15(17)30-20(18,14(25)27-8)19(6,11)26/h6-11,15,21-22,26H,5H2,1-4H3/t6-,7+,8-,9+,10+,11+,15+,17-,18-,19-,20-/m1/s1. The molecule has 164 valence electrons. The Hall–Kier alpha value is -1.75. The Bertz CT molecular complexity index is 925. The van der Waals surface area contributed by atoms with Crippen molar-refractivity contribution in [1.29, 1.82) is 0 Å². The molecule has 6 aliphatic rings. The largest absolute Gasteiger partial charge is 0.459 e. The highest BCUT2D eigenvalue weighted by Crippen LogP contribution is 2.84. The number of hydrogen-bond donors (Lipinski definition) is 3. The molecule has 4 saturated heterocycles. The van der Waals surface area contributed by atoms with Crippen molar-refractivity contribution in [3.8, 4) is 0 Å². The number of aliphatic hydroxyl groups excluding tert-OH is 2. The molecule has 2 saturated carbocycles. The number of rotatable bonds is 0. The molecule has 0 unspecified atom stereocenters. The smallest absolute Gasteiger partial charge is 0.343 e. The third kappa shape index (κ3) is 1.33. The van der Waals surface area contributed by atoms with Crippen molar-refractivity contribution >= 4 is 17.9 Å². The normalized spacial score (nSPS) is 60.1. The van der Waals surface area contributed by atoms with E-state index in [0.717, 1.165) is 0 Å². The molecule has 2 aliphatic carbocycles. The molecule has 0 aromatic heterocycles. The van der Waals surface area contributed by atoms with Gasteiger partial charge in [-0.1, -0.05) is 20.8 Å². The van der Waals surface area contributed by atoms with Gasteiger partial charge in [-0.2, -0.15) is 0 Å². The fraction of sp³-hybridized carbons (Fsp3) is 0.850. The summed E-state index contributed by atoms with van der Waals surface area (Å²) in [6.45, 7) is 7.14. The number of esters is 3. The summed E-state index contributed by atoms with van der Waals surface area (Å²) in [5, 5.41) is 34.7. The SMILES string of the molecule is C[C@@H]1C(=O)O[C@H]2[C@H](O)[C@]34[C@H]5C[C@@H](C(C)(C)C)[C@@]36[C@@H](OC(=O)[C@@H]6O)O[C@@]4(C(=O)O5)[C@@]12O. The third-order valence-electron chi connectivity index (χ3n) is 9.00. The topological polar surface area (TPSA) is 149 Å². The van der Waals surface area contributed by atoms with Gasteiger partial charge in [0.15, 0.2) is 17.8 Å². The van der Waals surface area contributed by atoms with Crippen molar-refractivity contribution < 1.29 is 48.7 Å². The van der Waals surface area contributed by atoms with Crippen LogP contribution in [0.2, 0.25) is 0 Å². The minimum Gasteiger partial charge on any atom is -0.459 e. The lowest BCUT2D eigenvalue weighted by molar-refractivity contribution is -0.239. The lowest BCUT2D eigenvalue weighted by atomic mass is 9.51. The molecule has 6 rings (SSSR count). The quantitative estimate of drug-likeness (QED) is 0.314. The first kappa shape index (κ1) is 19.0. The summed E-state index contributed by atoms with van der Waals surface area (Å²) in [7, 11) is 0. The van der Waals surface area contributed by atoms with Gasteiger partial charge in [-0.3, -0.25) is 4.79 Å². The zero-order chi connectivity index (χ0) is 21.8. The first-order valence-electron chi connectivity index (χ1n) is 10.2. The first-order valence-corrected chi connectivity index (χ1v) is 10.2. The van der Waals surface area contributed by atoms with Crippen LogP contribution in [-0.4, -0.2) is 75.1 Å². The van der Waals surface area contributed by atoms with Crippen LogP contribution in [0.4, 0.5) is 0 Å². The zero-order valence-electron chi connectivity index (χ0n) is 16.9. The summed E-state index contributed by atoms with van der Waals surface area (Å²) in [6.07, 6.45) is -6.91. The summed E-state index contributed by atoms with van der Waals surface area (Å²) in [5.41, 5.74) is -8.26. The predicted octanol–water partition coefficient (Wildman–Crippen LogP) is -1.37. The van der Waals surface area contributed by atoms with E-state index in [2.05, 4.69) is 0 Å². The third-order valence-corrected chi connectivity index (χ3v) is 9.00. The van der Waals surface area contributed by atoms with E-state index in [9.17, 15) is 29.7 Å². The van der Waals surface area contributed by atoms with Gasteiger partial charge < -0.3 is 34.3 Å². The van der Waals surface area contributed by atoms with Crippen molar-refractivity contribution in [2.75, 3.05) is 0 Å². The molecule has 0 bridgehead atoms. The van der Waals surface area contributed by atoms with Crippen LogP contribution in [0.25, 0.3) is 0 Å². The Morgan fingerprint density at radius 3 is 2.33 bits per heavy atom. The molecular weight excluding hydrogens is 400 g/mol. The average molecular weight is 424 g/mol. The minimum absolute atomic E-state index is 0.229. The molecule has 3 N–H and O–H groups in total. The molecule has 11 atom stereocenters. The molecule has 10 heteroatoms. The number of fused-ring (bicyclic) bond motifs is 1. The number of carbonyl (C=O) groups excluding carboxylic acids is 3. The average Bonchev–Trinajstić information content (AvgIpc) is 3.35. The van der Waals surface area contributed by atoms with Crippen molar-refractivity contribution in [2.45, 2.75) is 76.0 Å². The van der Waals surface area contributed by atoms with Crippen LogP contribution in [0.5, 0.6) is 0 Å². The van der Waals surface area contributed by atoms with Crippen LogP contribution < -0.4 is 0 Å². The van der Waals surface area contributed by atoms with Gasteiger partial charge >= 0.3 is 17.9 Å². The van der Waals surface area contributed by atoms with Crippen molar-refractivity contribution in [3.05, 3.63) is 0 Å². The Labute approximate surface area is 171 Å². The van der Waals surface area contributed by atoms with Crippen LogP contribution >= 0.6 is 0 Å². The molecule has 30 heavy (non-hydrogen) atoms. The number of aliphatic hydroxyl groups is 3. The van der Waals surface area contributed by atoms with Crippen LogP contribution in [-0.2, 0) is 33.3 Å². The molecule has 0 aromatic rings. The highest BCUT2D eigenvalue weighted by atomic mass is 16.8. The predicted molar refractivity (Wildman–Crippen MR) is 92.0 cm³/mol. The van der Waals surface area contributed by atoms with Crippen LogP contribution in [0.1, 0.15) is 34.1 Å². The Morgan fingerprint density at radius 1 is 1.03 bits per heavy atom. The maximum absolute atomic E-state index is 13.4. The van der Waals surface area contributed by atoms with E-state index in [1.807, 2.05) is 20.8 Å². The first-order chi connectivity index (χ1) is 13.8. The molecule has 6 fully saturated rings. The maximum atomic E-state index is 13.4. The molecule has 0 aromatic carbocycles. The Kier molecular flexibility index (Phi) is 2.97. The second-order valence-electron chi connectivity index (χ2n) is 10.7. The van der Waals surface area contributed by atoms with E-state index < -0.39 is 87.9 Å². The van der Waals surface area contributed by atoms with Crippen molar-refractivity contribution in [1.82, 2.24) is 0 Å². The van der Waals surface area contributed by atoms with E-state index in [1.54, 1.807) is 0 Å². The van der Waals surface area contributed by atoms with E-state index in [-0.39, 0.29) is 6.42 Å². The molecule has 0 radical (unpaired) electrons. The van der Waals surface area contributed by atoms with Gasteiger partial charge in [-0.25, -0.2) is 9.59 Å². The molecule has 4 heterocycles. The molecule has 10 nitrogen and oxygen atoms in total. The Balaban J connectivity index is 1.72. The Morgan fingerprint density at radius 2 is 1.70 bits per heavy atom. The maximum Gasteiger partial charge on any atom is 0.343 e. The van der Waals surface area contributed by atoms with Gasteiger partial charge in [-0.05, 0) is 24.7 Å². The zero-order valence-corrected chi connectivity index (χ0v) is 16.9. The highest BCUT2D eigenvalue weighted by molar-refractivity contribution is 5.94. The van der Waals surface area contributed by atoms with Gasteiger partial charge in [0, 0.05) is 0 Å². The summed E-state index contributed by atoms with van der Waals surface area (Å²) in [4.78, 5) is 38.2. The van der Waals surface area contributed by atoms with E-state index in [1.165, 1.54) is 6.92 Å². The lowest BCUT2D eigenvalue weighted by Crippen LogP contribution is -2.67. The summed E-state index contributed by atoms with van der Waals surface area (Å²) in [5.74, 6) is -4.32. The number of hydrogen-bond acceptors (Lipinski definition) is 10. The molecule has 0 amide bonds. The summed E-state index contributed by atoms with van der Waals surface area (Å²) < 4.78 is 22.5. The van der Waals surface area contributed by atoms with Crippen molar-refractivity contribution in [2.24, 2.45) is 28.1 Å². The molecule has 4 aliphatic heterocycles. The monoisotopic (exact) mass is 424 g/mol. The highest BCUT2D eigenvalue weighted by Gasteiger charge is 3.03. The van der Waals surface area contributed by atoms with Crippen LogP contribution in [0, 0.1) is 28.1 Å².